The smallest absolute Gasteiger partial charge is 0.327 e. The number of carbonyl (C=O) groups is 1. The average molecular weight is 333 g/mol. The lowest BCUT2D eigenvalue weighted by molar-refractivity contribution is -0.159. The second-order valence-corrected chi connectivity index (χ2v) is 6.33. The standard InChI is InChI=1S/C15H12F5NO2/c1-14(2,3)23-13(22)15(5-21)4-6(15)7-8(16)10(18)12(20)11(19)9(7)17/h6H,4H2,1-3H3/t6-,15-/m0/s1. The summed E-state index contributed by atoms with van der Waals surface area (Å²) in [4.78, 5) is 12.1. The molecule has 0 aromatic heterocycles. The first kappa shape index (κ1) is 17.2. The molecule has 0 aliphatic heterocycles. The fraction of sp³-hybridized carbons (Fsp3) is 0.467. The summed E-state index contributed by atoms with van der Waals surface area (Å²) in [6.45, 7) is 4.56. The highest BCUT2D eigenvalue weighted by Crippen LogP contribution is 2.61. The Labute approximate surface area is 128 Å². The Balaban J connectivity index is 2.47. The number of esters is 1. The van der Waals surface area contributed by atoms with Gasteiger partial charge in [0.2, 0.25) is 5.82 Å². The van der Waals surface area contributed by atoms with Crippen molar-refractivity contribution in [3.8, 4) is 6.07 Å². The first-order chi connectivity index (χ1) is 10.5. The lowest BCUT2D eigenvalue weighted by atomic mass is 9.98. The molecule has 124 valence electrons. The van der Waals surface area contributed by atoms with Gasteiger partial charge in [-0.05, 0) is 27.2 Å². The molecule has 0 radical (unpaired) electrons. The summed E-state index contributed by atoms with van der Waals surface area (Å²) in [7, 11) is 0. The molecule has 0 bridgehead atoms. The van der Waals surface area contributed by atoms with E-state index in [-0.39, 0.29) is 6.42 Å². The minimum atomic E-state index is -2.29. The quantitative estimate of drug-likeness (QED) is 0.359. The predicted octanol–water partition coefficient (Wildman–Crippen LogP) is 3.72. The molecule has 1 aliphatic carbocycles. The molecule has 8 heteroatoms. The highest BCUT2D eigenvalue weighted by atomic mass is 19.2. The van der Waals surface area contributed by atoms with Gasteiger partial charge in [0, 0.05) is 11.5 Å². The summed E-state index contributed by atoms with van der Waals surface area (Å²) in [5.41, 5.74) is -4.08. The summed E-state index contributed by atoms with van der Waals surface area (Å²) in [5.74, 6) is -13.1. The SMILES string of the molecule is CC(C)(C)OC(=O)[C@]1(C#N)C[C@H]1c1c(F)c(F)c(F)c(F)c1F. The molecule has 1 aromatic carbocycles. The highest BCUT2D eigenvalue weighted by molar-refractivity contribution is 5.86. The van der Waals surface area contributed by atoms with E-state index in [4.69, 9.17) is 4.74 Å². The Bertz CT molecular complexity index is 706. The molecular weight excluding hydrogens is 321 g/mol. The maximum atomic E-state index is 13.8. The van der Waals surface area contributed by atoms with Crippen molar-refractivity contribution in [2.75, 3.05) is 0 Å². The molecule has 0 N–H and O–H groups in total. The van der Waals surface area contributed by atoms with Crippen LogP contribution in [0.1, 0.15) is 38.7 Å². The number of benzene rings is 1. The maximum absolute atomic E-state index is 13.8. The minimum Gasteiger partial charge on any atom is -0.459 e. The van der Waals surface area contributed by atoms with Crippen LogP contribution in [-0.2, 0) is 9.53 Å². The van der Waals surface area contributed by atoms with E-state index in [9.17, 15) is 32.0 Å². The molecule has 0 amide bonds. The lowest BCUT2D eigenvalue weighted by Gasteiger charge is -2.21. The van der Waals surface area contributed by atoms with Crippen molar-refractivity contribution in [1.29, 1.82) is 5.26 Å². The molecule has 1 aromatic rings. The van der Waals surface area contributed by atoms with Gasteiger partial charge in [0.25, 0.3) is 0 Å². The third kappa shape index (κ3) is 2.64. The average Bonchev–Trinajstić information content (AvgIpc) is 3.17. The van der Waals surface area contributed by atoms with E-state index in [1.165, 1.54) is 20.8 Å². The van der Waals surface area contributed by atoms with Crippen molar-refractivity contribution in [2.45, 2.75) is 38.7 Å². The Morgan fingerprint density at radius 3 is 1.91 bits per heavy atom. The van der Waals surface area contributed by atoms with Crippen molar-refractivity contribution in [3.05, 3.63) is 34.6 Å². The van der Waals surface area contributed by atoms with Crippen LogP contribution in [0.25, 0.3) is 0 Å². The molecule has 23 heavy (non-hydrogen) atoms. The Morgan fingerprint density at radius 2 is 1.52 bits per heavy atom. The monoisotopic (exact) mass is 333 g/mol. The van der Waals surface area contributed by atoms with Crippen LogP contribution in [0.15, 0.2) is 0 Å². The molecule has 0 saturated heterocycles. The van der Waals surface area contributed by atoms with Gasteiger partial charge >= 0.3 is 5.97 Å². The van der Waals surface area contributed by atoms with Gasteiger partial charge < -0.3 is 4.74 Å². The summed E-state index contributed by atoms with van der Waals surface area (Å²) in [6.07, 6.45) is -0.378. The van der Waals surface area contributed by atoms with Gasteiger partial charge in [0.05, 0.1) is 6.07 Å². The zero-order valence-electron chi connectivity index (χ0n) is 12.4. The first-order valence-corrected chi connectivity index (χ1v) is 6.62. The molecule has 2 rings (SSSR count). The van der Waals surface area contributed by atoms with E-state index < -0.39 is 57.6 Å². The van der Waals surface area contributed by atoms with E-state index in [1.54, 1.807) is 6.07 Å². The number of halogens is 5. The van der Waals surface area contributed by atoms with Crippen molar-refractivity contribution in [2.24, 2.45) is 5.41 Å². The molecule has 0 heterocycles. The number of hydrogen-bond acceptors (Lipinski definition) is 3. The molecule has 1 saturated carbocycles. The molecule has 1 aliphatic rings. The second kappa shape index (κ2) is 5.18. The predicted molar refractivity (Wildman–Crippen MR) is 67.5 cm³/mol. The van der Waals surface area contributed by atoms with Crippen molar-refractivity contribution >= 4 is 5.97 Å². The molecule has 1 fully saturated rings. The number of rotatable bonds is 2. The van der Waals surface area contributed by atoms with Gasteiger partial charge in [0.1, 0.15) is 5.60 Å². The number of carbonyl (C=O) groups excluding carboxylic acids is 1. The zero-order valence-corrected chi connectivity index (χ0v) is 12.4. The van der Waals surface area contributed by atoms with Crippen LogP contribution in [0.5, 0.6) is 0 Å². The second-order valence-electron chi connectivity index (χ2n) is 6.33. The lowest BCUT2D eigenvalue weighted by Crippen LogP contribution is -2.30. The van der Waals surface area contributed by atoms with E-state index in [2.05, 4.69) is 0 Å². The van der Waals surface area contributed by atoms with Gasteiger partial charge in [-0.3, -0.25) is 4.79 Å². The number of nitriles is 1. The van der Waals surface area contributed by atoms with Gasteiger partial charge in [-0.1, -0.05) is 0 Å². The topological polar surface area (TPSA) is 50.1 Å². The van der Waals surface area contributed by atoms with Crippen LogP contribution in [0.3, 0.4) is 0 Å². The number of ether oxygens (including phenoxy) is 1. The summed E-state index contributed by atoms with van der Waals surface area (Å²) in [6, 6.07) is 1.58. The molecule has 3 nitrogen and oxygen atoms in total. The van der Waals surface area contributed by atoms with Crippen molar-refractivity contribution < 1.29 is 31.5 Å². The largest absolute Gasteiger partial charge is 0.459 e. The van der Waals surface area contributed by atoms with E-state index in [0.717, 1.165) is 0 Å². The van der Waals surface area contributed by atoms with Gasteiger partial charge in [-0.2, -0.15) is 5.26 Å². The molecular formula is C15H12F5NO2. The van der Waals surface area contributed by atoms with Gasteiger partial charge in [-0.25, -0.2) is 22.0 Å². The first-order valence-electron chi connectivity index (χ1n) is 6.62. The number of nitrogens with zero attached hydrogens (tertiary/aromatic N) is 1. The highest BCUT2D eigenvalue weighted by Gasteiger charge is 2.65. The van der Waals surface area contributed by atoms with Crippen LogP contribution < -0.4 is 0 Å². The normalized spacial score (nSPS) is 23.3. The Kier molecular flexibility index (Phi) is 3.87. The fourth-order valence-corrected chi connectivity index (χ4v) is 2.30. The summed E-state index contributed by atoms with van der Waals surface area (Å²) < 4.78 is 72.2. The van der Waals surface area contributed by atoms with Gasteiger partial charge in [-0.15, -0.1) is 0 Å². The van der Waals surface area contributed by atoms with Crippen molar-refractivity contribution in [3.63, 3.8) is 0 Å². The minimum absolute atomic E-state index is 0.378. The van der Waals surface area contributed by atoms with Crippen LogP contribution in [0.2, 0.25) is 0 Å². The van der Waals surface area contributed by atoms with Crippen LogP contribution in [0.4, 0.5) is 22.0 Å². The molecule has 0 unspecified atom stereocenters. The zero-order chi connectivity index (χ0) is 17.7. The van der Waals surface area contributed by atoms with E-state index in [1.807, 2.05) is 0 Å². The maximum Gasteiger partial charge on any atom is 0.327 e. The summed E-state index contributed by atoms with van der Waals surface area (Å²) >= 11 is 0. The fourth-order valence-electron chi connectivity index (χ4n) is 2.30. The molecule has 2 atom stereocenters. The Morgan fingerprint density at radius 1 is 1.09 bits per heavy atom. The van der Waals surface area contributed by atoms with Crippen molar-refractivity contribution in [1.82, 2.24) is 0 Å². The summed E-state index contributed by atoms with van der Waals surface area (Å²) in [5, 5.41) is 9.17. The van der Waals surface area contributed by atoms with E-state index in [0.29, 0.717) is 0 Å². The van der Waals surface area contributed by atoms with Crippen LogP contribution in [-0.4, -0.2) is 11.6 Å². The van der Waals surface area contributed by atoms with E-state index >= 15 is 0 Å². The number of hydrogen-bond donors (Lipinski definition) is 0. The molecule has 0 spiro atoms. The third-order valence-electron chi connectivity index (χ3n) is 3.52. The third-order valence-corrected chi connectivity index (χ3v) is 3.52. The Hall–Kier alpha value is -2.17. The van der Waals surface area contributed by atoms with Crippen LogP contribution in [0, 0.1) is 45.8 Å². The van der Waals surface area contributed by atoms with Crippen LogP contribution >= 0.6 is 0 Å². The van der Waals surface area contributed by atoms with Gasteiger partial charge in [0.15, 0.2) is 28.7 Å².